The molecule has 1 amide bonds. The summed E-state index contributed by atoms with van der Waals surface area (Å²) in [4.78, 5) is 19.2. The topological polar surface area (TPSA) is 58.4 Å². The number of hydrogen-bond donors (Lipinski definition) is 1. The maximum Gasteiger partial charge on any atom is 0.287 e. The van der Waals surface area contributed by atoms with Gasteiger partial charge in [0.25, 0.3) is 5.91 Å². The van der Waals surface area contributed by atoms with E-state index >= 15 is 0 Å². The van der Waals surface area contributed by atoms with Crippen LogP contribution in [0.1, 0.15) is 30.3 Å². The molecule has 5 nitrogen and oxygen atoms in total. The van der Waals surface area contributed by atoms with E-state index in [1.54, 1.807) is 30.5 Å². The zero-order valence-corrected chi connectivity index (χ0v) is 14.3. The van der Waals surface area contributed by atoms with Crippen molar-refractivity contribution < 1.29 is 9.21 Å². The van der Waals surface area contributed by atoms with Gasteiger partial charge >= 0.3 is 0 Å². The summed E-state index contributed by atoms with van der Waals surface area (Å²) in [6.45, 7) is 4.48. The SMILES string of the molecule is CC1C(NC(=O)c2ccc(-c3ccc(Cl)cn3)o2)C2CCN1CC2. The number of fused-ring (bicyclic) bond motifs is 3. The molecule has 3 fully saturated rings. The Morgan fingerprint density at radius 1 is 1.29 bits per heavy atom. The maximum absolute atomic E-state index is 12.6. The standard InChI is InChI=1S/C18H20ClN3O2/c1-11-17(12-6-8-22(11)9-7-12)21-18(23)16-5-4-15(24-16)14-3-2-13(19)10-20-14/h2-5,10-12,17H,6-9H2,1H3,(H,21,23). The molecule has 24 heavy (non-hydrogen) atoms. The molecular weight excluding hydrogens is 326 g/mol. The Labute approximate surface area is 146 Å². The van der Waals surface area contributed by atoms with E-state index in [9.17, 15) is 4.79 Å². The third kappa shape index (κ3) is 2.82. The first-order valence-electron chi connectivity index (χ1n) is 8.38. The number of pyridine rings is 1. The van der Waals surface area contributed by atoms with Crippen molar-refractivity contribution in [1.29, 1.82) is 0 Å². The largest absolute Gasteiger partial charge is 0.449 e. The maximum atomic E-state index is 12.6. The van der Waals surface area contributed by atoms with Gasteiger partial charge < -0.3 is 9.73 Å². The number of nitrogens with one attached hydrogen (secondary N) is 1. The van der Waals surface area contributed by atoms with Crippen molar-refractivity contribution in [3.05, 3.63) is 41.2 Å². The van der Waals surface area contributed by atoms with Crippen molar-refractivity contribution in [2.24, 2.45) is 5.92 Å². The van der Waals surface area contributed by atoms with Gasteiger partial charge in [-0.15, -0.1) is 0 Å². The predicted octanol–water partition coefficient (Wildman–Crippen LogP) is 3.21. The van der Waals surface area contributed by atoms with Crippen LogP contribution in [-0.2, 0) is 0 Å². The Hall–Kier alpha value is -1.85. The number of piperidine rings is 3. The highest BCUT2D eigenvalue weighted by Gasteiger charge is 2.40. The van der Waals surface area contributed by atoms with E-state index in [0.717, 1.165) is 25.9 Å². The first kappa shape index (κ1) is 15.7. The second-order valence-corrected chi connectivity index (χ2v) is 7.08. The summed E-state index contributed by atoms with van der Waals surface area (Å²) in [7, 11) is 0. The number of rotatable bonds is 3. The smallest absolute Gasteiger partial charge is 0.287 e. The van der Waals surface area contributed by atoms with Crippen molar-refractivity contribution in [1.82, 2.24) is 15.2 Å². The molecule has 1 N–H and O–H groups in total. The van der Waals surface area contributed by atoms with E-state index in [-0.39, 0.29) is 11.9 Å². The minimum Gasteiger partial charge on any atom is -0.449 e. The van der Waals surface area contributed by atoms with Crippen molar-refractivity contribution in [2.75, 3.05) is 13.1 Å². The number of hydrogen-bond acceptors (Lipinski definition) is 4. The fraction of sp³-hybridized carbons (Fsp3) is 0.444. The second-order valence-electron chi connectivity index (χ2n) is 6.64. The highest BCUT2D eigenvalue weighted by molar-refractivity contribution is 6.30. The average molecular weight is 346 g/mol. The van der Waals surface area contributed by atoms with Crippen LogP contribution >= 0.6 is 11.6 Å². The van der Waals surface area contributed by atoms with Crippen molar-refractivity contribution in [2.45, 2.75) is 31.8 Å². The molecule has 2 aromatic heterocycles. The molecule has 2 aromatic rings. The zero-order chi connectivity index (χ0) is 16.7. The summed E-state index contributed by atoms with van der Waals surface area (Å²) < 4.78 is 5.70. The molecule has 3 saturated heterocycles. The molecule has 5 rings (SSSR count). The third-order valence-electron chi connectivity index (χ3n) is 5.29. The molecule has 3 aliphatic heterocycles. The molecule has 0 radical (unpaired) electrons. The van der Waals surface area contributed by atoms with Gasteiger partial charge in [0, 0.05) is 18.3 Å². The summed E-state index contributed by atoms with van der Waals surface area (Å²) in [5.74, 6) is 1.31. The normalized spacial score (nSPS) is 28.8. The number of carbonyl (C=O) groups is 1. The monoisotopic (exact) mass is 345 g/mol. The Morgan fingerprint density at radius 2 is 2.08 bits per heavy atom. The molecule has 2 atom stereocenters. The summed E-state index contributed by atoms with van der Waals surface area (Å²) >= 11 is 5.85. The van der Waals surface area contributed by atoms with E-state index in [0.29, 0.717) is 34.2 Å². The second kappa shape index (κ2) is 6.22. The van der Waals surface area contributed by atoms with Crippen LogP contribution in [0.4, 0.5) is 0 Å². The number of halogens is 1. The van der Waals surface area contributed by atoms with E-state index in [1.165, 1.54) is 0 Å². The Bertz CT molecular complexity index is 733. The van der Waals surface area contributed by atoms with Crippen LogP contribution in [0.5, 0.6) is 0 Å². The van der Waals surface area contributed by atoms with Crippen LogP contribution in [0.3, 0.4) is 0 Å². The van der Waals surface area contributed by atoms with Crippen molar-refractivity contribution >= 4 is 17.5 Å². The number of amides is 1. The van der Waals surface area contributed by atoms with E-state index in [1.807, 2.05) is 0 Å². The van der Waals surface area contributed by atoms with Gasteiger partial charge in [0.05, 0.1) is 5.02 Å². The lowest BCUT2D eigenvalue weighted by atomic mass is 9.79. The quantitative estimate of drug-likeness (QED) is 0.928. The molecule has 0 saturated carbocycles. The van der Waals surface area contributed by atoms with Gasteiger partial charge in [-0.05, 0) is 63.0 Å². The van der Waals surface area contributed by atoms with Gasteiger partial charge in [-0.1, -0.05) is 11.6 Å². The fourth-order valence-electron chi connectivity index (χ4n) is 3.89. The van der Waals surface area contributed by atoms with Crippen LogP contribution < -0.4 is 5.32 Å². The minimum absolute atomic E-state index is 0.152. The molecule has 0 aromatic carbocycles. The van der Waals surface area contributed by atoms with Crippen LogP contribution in [0, 0.1) is 5.92 Å². The molecule has 2 unspecified atom stereocenters. The first-order valence-corrected chi connectivity index (χ1v) is 8.76. The van der Waals surface area contributed by atoms with Gasteiger partial charge in [0.15, 0.2) is 11.5 Å². The first-order chi connectivity index (χ1) is 11.6. The predicted molar refractivity (Wildman–Crippen MR) is 92.0 cm³/mol. The van der Waals surface area contributed by atoms with Gasteiger partial charge in [0.2, 0.25) is 0 Å². The Balaban J connectivity index is 1.48. The van der Waals surface area contributed by atoms with Gasteiger partial charge in [-0.25, -0.2) is 0 Å². The summed E-state index contributed by atoms with van der Waals surface area (Å²) in [6.07, 6.45) is 3.88. The minimum atomic E-state index is -0.152. The number of nitrogens with zero attached hydrogens (tertiary/aromatic N) is 2. The molecule has 126 valence electrons. The molecule has 0 spiro atoms. The van der Waals surface area contributed by atoms with Crippen LogP contribution in [0.2, 0.25) is 5.02 Å². The fourth-order valence-corrected chi connectivity index (χ4v) is 4.00. The van der Waals surface area contributed by atoms with Crippen LogP contribution in [-0.4, -0.2) is 41.0 Å². The Morgan fingerprint density at radius 3 is 2.75 bits per heavy atom. The highest BCUT2D eigenvalue weighted by atomic mass is 35.5. The average Bonchev–Trinajstić information content (AvgIpc) is 3.09. The van der Waals surface area contributed by atoms with Crippen LogP contribution in [0.25, 0.3) is 11.5 Å². The third-order valence-corrected chi connectivity index (χ3v) is 5.51. The van der Waals surface area contributed by atoms with Gasteiger partial charge in [-0.2, -0.15) is 0 Å². The van der Waals surface area contributed by atoms with Gasteiger partial charge in [-0.3, -0.25) is 14.7 Å². The molecule has 2 bridgehead atoms. The summed E-state index contributed by atoms with van der Waals surface area (Å²) in [5, 5.41) is 3.74. The molecule has 6 heteroatoms. The molecule has 3 aliphatic rings. The van der Waals surface area contributed by atoms with Crippen LogP contribution in [0.15, 0.2) is 34.9 Å². The number of furan rings is 1. The zero-order valence-electron chi connectivity index (χ0n) is 13.5. The Kier molecular flexibility index (Phi) is 4.06. The lowest BCUT2D eigenvalue weighted by molar-refractivity contribution is 0.0211. The van der Waals surface area contributed by atoms with Gasteiger partial charge in [0.1, 0.15) is 5.69 Å². The molecular formula is C18H20ClN3O2. The van der Waals surface area contributed by atoms with E-state index in [2.05, 4.69) is 22.1 Å². The molecule has 0 aliphatic carbocycles. The number of aromatic nitrogens is 1. The number of carbonyl (C=O) groups excluding carboxylic acids is 1. The summed E-state index contributed by atoms with van der Waals surface area (Å²) in [6, 6.07) is 7.58. The molecule has 5 heterocycles. The van der Waals surface area contributed by atoms with Crippen molar-refractivity contribution in [3.8, 4) is 11.5 Å². The summed E-state index contributed by atoms with van der Waals surface area (Å²) in [5.41, 5.74) is 0.662. The van der Waals surface area contributed by atoms with E-state index in [4.69, 9.17) is 16.0 Å². The van der Waals surface area contributed by atoms with E-state index < -0.39 is 0 Å². The highest BCUT2D eigenvalue weighted by Crippen LogP contribution is 2.32. The van der Waals surface area contributed by atoms with Crippen molar-refractivity contribution in [3.63, 3.8) is 0 Å². The lowest BCUT2D eigenvalue weighted by Crippen LogP contribution is -2.62. The lowest BCUT2D eigenvalue weighted by Gasteiger charge is -2.49.